The molecule has 0 aromatic heterocycles. The predicted octanol–water partition coefficient (Wildman–Crippen LogP) is 4.22. The van der Waals surface area contributed by atoms with Crippen molar-refractivity contribution in [1.82, 2.24) is 0 Å². The summed E-state index contributed by atoms with van der Waals surface area (Å²) in [6, 6.07) is 5.99. The largest absolute Gasteiger partial charge is 0.497 e. The van der Waals surface area contributed by atoms with Crippen LogP contribution in [0.1, 0.15) is 51.4 Å². The number of aliphatic hydroxyl groups excluding tert-OH is 1. The summed E-state index contributed by atoms with van der Waals surface area (Å²) < 4.78 is 5.24. The van der Waals surface area contributed by atoms with E-state index in [1.165, 1.54) is 44.9 Å². The number of fused-ring (bicyclic) bond motifs is 2. The van der Waals surface area contributed by atoms with Gasteiger partial charge in [-0.15, -0.1) is 0 Å². The summed E-state index contributed by atoms with van der Waals surface area (Å²) >= 11 is 0. The van der Waals surface area contributed by atoms with Gasteiger partial charge in [-0.1, -0.05) is 25.7 Å². The molecule has 2 bridgehead atoms. The summed E-state index contributed by atoms with van der Waals surface area (Å²) in [4.78, 5) is 0. The van der Waals surface area contributed by atoms with E-state index in [9.17, 15) is 5.11 Å². The molecule has 5 rings (SSSR count). The molecule has 0 saturated heterocycles. The molecule has 3 saturated carbocycles. The first-order valence-electron chi connectivity index (χ1n) is 9.62. The molecule has 3 atom stereocenters. The Bertz CT molecular complexity index is 571. The van der Waals surface area contributed by atoms with Gasteiger partial charge in [-0.05, 0) is 55.6 Å². The number of ether oxygens (including phenoxy) is 1. The quantitative estimate of drug-likeness (QED) is 0.655. The Morgan fingerprint density at radius 1 is 1.04 bits per heavy atom. The fourth-order valence-corrected chi connectivity index (χ4v) is 4.95. The molecule has 0 spiro atoms. The lowest BCUT2D eigenvalue weighted by Gasteiger charge is -2.33. The number of aliphatic hydroxyl groups is 1. The lowest BCUT2D eigenvalue weighted by molar-refractivity contribution is 0.171. The Labute approximate surface area is 145 Å². The van der Waals surface area contributed by atoms with E-state index in [2.05, 4.69) is 10.6 Å². The van der Waals surface area contributed by atoms with Gasteiger partial charge in [-0.2, -0.15) is 0 Å². The van der Waals surface area contributed by atoms with E-state index >= 15 is 0 Å². The second-order valence-electron chi connectivity index (χ2n) is 7.98. The molecular weight excluding hydrogens is 300 g/mol. The maximum Gasteiger partial charge on any atom is 0.144 e. The monoisotopic (exact) mass is 330 g/mol. The molecule has 132 valence electrons. The molecule has 24 heavy (non-hydrogen) atoms. The molecule has 4 heteroatoms. The Kier molecular flexibility index (Phi) is 4.57. The van der Waals surface area contributed by atoms with Crippen molar-refractivity contribution in [3.05, 3.63) is 18.2 Å². The third kappa shape index (κ3) is 3.21. The van der Waals surface area contributed by atoms with Crippen molar-refractivity contribution in [2.75, 3.05) is 17.7 Å². The highest BCUT2D eigenvalue weighted by Gasteiger charge is 2.43. The summed E-state index contributed by atoms with van der Waals surface area (Å²) in [7, 11) is 1.66. The molecule has 4 nitrogen and oxygen atoms in total. The molecule has 0 amide bonds. The maximum atomic E-state index is 10.3. The van der Waals surface area contributed by atoms with Crippen LogP contribution in [-0.4, -0.2) is 24.5 Å². The van der Waals surface area contributed by atoms with E-state index in [1.807, 2.05) is 18.2 Å². The Morgan fingerprint density at radius 3 is 2.62 bits per heavy atom. The van der Waals surface area contributed by atoms with Crippen LogP contribution in [0.15, 0.2) is 18.2 Å². The smallest absolute Gasteiger partial charge is 0.144 e. The van der Waals surface area contributed by atoms with Gasteiger partial charge in [-0.3, -0.25) is 0 Å². The van der Waals surface area contributed by atoms with Crippen LogP contribution in [0.4, 0.5) is 11.4 Å². The van der Waals surface area contributed by atoms with Crippen molar-refractivity contribution in [2.24, 2.45) is 17.8 Å². The predicted molar refractivity (Wildman–Crippen MR) is 97.4 cm³/mol. The number of hydrogen-bond acceptors (Lipinski definition) is 4. The van der Waals surface area contributed by atoms with Crippen LogP contribution < -0.4 is 15.4 Å². The zero-order valence-electron chi connectivity index (χ0n) is 14.6. The zero-order chi connectivity index (χ0) is 16.5. The highest BCUT2D eigenvalue weighted by Crippen LogP contribution is 2.54. The van der Waals surface area contributed by atoms with Crippen LogP contribution in [-0.2, 0) is 0 Å². The molecule has 1 aliphatic heterocycles. The van der Waals surface area contributed by atoms with Crippen LogP contribution in [0.2, 0.25) is 0 Å². The minimum atomic E-state index is -0.535. The minimum Gasteiger partial charge on any atom is -0.497 e. The normalized spacial score (nSPS) is 33.2. The van der Waals surface area contributed by atoms with Crippen molar-refractivity contribution >= 4 is 11.4 Å². The SMILES string of the molecule is COc1ccc2c(c1)NC(O)C(CCCCC[C@H]1C[C@H]3C[C@@H]1C3)N2. The van der Waals surface area contributed by atoms with E-state index < -0.39 is 6.23 Å². The number of methoxy groups -OCH3 is 1. The Morgan fingerprint density at radius 2 is 1.88 bits per heavy atom. The van der Waals surface area contributed by atoms with E-state index in [0.717, 1.165) is 41.3 Å². The van der Waals surface area contributed by atoms with Gasteiger partial charge in [0.05, 0.1) is 24.5 Å². The van der Waals surface area contributed by atoms with Crippen LogP contribution in [0, 0.1) is 17.8 Å². The van der Waals surface area contributed by atoms with Crippen molar-refractivity contribution in [1.29, 1.82) is 0 Å². The van der Waals surface area contributed by atoms with Gasteiger partial charge in [0, 0.05) is 6.07 Å². The van der Waals surface area contributed by atoms with Crippen LogP contribution >= 0.6 is 0 Å². The van der Waals surface area contributed by atoms with Crippen LogP contribution in [0.5, 0.6) is 5.75 Å². The second kappa shape index (κ2) is 6.83. The molecule has 4 aliphatic rings. The highest BCUT2D eigenvalue weighted by molar-refractivity contribution is 5.73. The number of benzene rings is 1. The van der Waals surface area contributed by atoms with Gasteiger partial charge in [0.2, 0.25) is 0 Å². The molecule has 2 unspecified atom stereocenters. The molecule has 3 aliphatic carbocycles. The van der Waals surface area contributed by atoms with E-state index in [-0.39, 0.29) is 6.04 Å². The summed E-state index contributed by atoms with van der Waals surface area (Å²) in [6.07, 6.45) is 10.3. The zero-order valence-corrected chi connectivity index (χ0v) is 14.6. The number of nitrogens with one attached hydrogen (secondary N) is 2. The summed E-state index contributed by atoms with van der Waals surface area (Å²) in [5.41, 5.74) is 1.97. The number of unbranched alkanes of at least 4 members (excludes halogenated alkanes) is 2. The van der Waals surface area contributed by atoms with Crippen molar-refractivity contribution in [3.8, 4) is 5.75 Å². The van der Waals surface area contributed by atoms with Crippen molar-refractivity contribution in [3.63, 3.8) is 0 Å². The van der Waals surface area contributed by atoms with Crippen LogP contribution in [0.25, 0.3) is 0 Å². The molecule has 0 radical (unpaired) electrons. The number of anilines is 2. The van der Waals surface area contributed by atoms with Gasteiger partial charge in [0.15, 0.2) is 0 Å². The van der Waals surface area contributed by atoms with Gasteiger partial charge in [-0.25, -0.2) is 0 Å². The van der Waals surface area contributed by atoms with Gasteiger partial charge in [0.25, 0.3) is 0 Å². The molecule has 1 aromatic rings. The Hall–Kier alpha value is -1.42. The highest BCUT2D eigenvalue weighted by atomic mass is 16.5. The molecule has 1 aromatic carbocycles. The van der Waals surface area contributed by atoms with Gasteiger partial charge >= 0.3 is 0 Å². The summed E-state index contributed by atoms with van der Waals surface area (Å²) in [6.45, 7) is 0. The lowest BCUT2D eigenvalue weighted by Crippen LogP contribution is -2.42. The topological polar surface area (TPSA) is 53.5 Å². The van der Waals surface area contributed by atoms with Crippen LogP contribution in [0.3, 0.4) is 0 Å². The molecule has 3 N–H and O–H groups in total. The molecule has 3 fully saturated rings. The fourth-order valence-electron chi connectivity index (χ4n) is 4.95. The van der Waals surface area contributed by atoms with Gasteiger partial charge < -0.3 is 20.5 Å². The standard InChI is InChI=1S/C20H30N2O2/c1-24-16-7-8-17-19(12-16)22-20(23)18(21-17)6-4-2-3-5-14-9-13-10-15(14)11-13/h7-8,12-15,18,20-23H,2-6,9-11H2,1H3/t13-,14-,15+,18?,20?/m0/s1. The fraction of sp³-hybridized carbons (Fsp3) is 0.700. The Balaban J connectivity index is 1.20. The first-order chi connectivity index (χ1) is 11.7. The average Bonchev–Trinajstić information content (AvgIpc) is 3.13. The first-order valence-corrected chi connectivity index (χ1v) is 9.62. The second-order valence-corrected chi connectivity index (χ2v) is 7.98. The van der Waals surface area contributed by atoms with Crippen molar-refractivity contribution in [2.45, 2.75) is 63.6 Å². The van der Waals surface area contributed by atoms with Crippen molar-refractivity contribution < 1.29 is 9.84 Å². The molecule has 1 heterocycles. The first kappa shape index (κ1) is 16.1. The maximum absolute atomic E-state index is 10.3. The minimum absolute atomic E-state index is 0.0881. The lowest BCUT2D eigenvalue weighted by atomic mass is 9.81. The third-order valence-corrected chi connectivity index (χ3v) is 6.42. The van der Waals surface area contributed by atoms with E-state index in [4.69, 9.17) is 4.74 Å². The summed E-state index contributed by atoms with van der Waals surface area (Å²) in [5.74, 6) is 4.01. The van der Waals surface area contributed by atoms with E-state index in [0.29, 0.717) is 0 Å². The van der Waals surface area contributed by atoms with E-state index in [1.54, 1.807) is 7.11 Å². The van der Waals surface area contributed by atoms with Gasteiger partial charge in [0.1, 0.15) is 12.0 Å². The summed E-state index contributed by atoms with van der Waals surface area (Å²) in [5, 5.41) is 17.0. The molecular formula is C20H30N2O2. The number of rotatable bonds is 7. The number of hydrogen-bond donors (Lipinski definition) is 3. The average molecular weight is 330 g/mol. The third-order valence-electron chi connectivity index (χ3n) is 6.42.